The molecular weight excluding hydrogens is 436 g/mol. The molecule has 4 rings (SSSR count). The Kier molecular flexibility index (Phi) is 6.77. The summed E-state index contributed by atoms with van der Waals surface area (Å²) in [6.07, 6.45) is -1.69. The van der Waals surface area contributed by atoms with Crippen LogP contribution in [0.15, 0.2) is 84.9 Å². The Balaban J connectivity index is 1.75. The summed E-state index contributed by atoms with van der Waals surface area (Å²) in [5, 5.41) is 9.52. The summed E-state index contributed by atoms with van der Waals surface area (Å²) < 4.78 is 10.8. The zero-order valence-electron chi connectivity index (χ0n) is 18.5. The monoisotopic (exact) mass is 460 g/mol. The van der Waals surface area contributed by atoms with E-state index in [1.165, 1.54) is 16.9 Å². The standard InChI is InChI=1S/C26H24N2O6/c1-33-21-14-12-20(13-15-21)24-27(16-22(29)30)25(31)23(19-10-6-3-7-11-19)28(24)26(32)34-17-18-8-4-2-5-9-18/h2-15,23-24H,16-17H2,1H3,(H,29,30). The van der Waals surface area contributed by atoms with Crippen LogP contribution >= 0.6 is 0 Å². The Morgan fingerprint density at radius 2 is 1.50 bits per heavy atom. The largest absolute Gasteiger partial charge is 0.497 e. The molecule has 0 bridgehead atoms. The Morgan fingerprint density at radius 1 is 0.882 bits per heavy atom. The van der Waals surface area contributed by atoms with Crippen molar-refractivity contribution in [2.45, 2.75) is 18.8 Å². The van der Waals surface area contributed by atoms with Crippen LogP contribution in [0.5, 0.6) is 5.75 Å². The molecule has 3 aromatic carbocycles. The molecule has 8 heteroatoms. The van der Waals surface area contributed by atoms with E-state index >= 15 is 0 Å². The highest BCUT2D eigenvalue weighted by atomic mass is 16.6. The SMILES string of the molecule is COc1ccc(C2N(CC(=O)O)C(=O)C(c3ccccc3)N2C(=O)OCc2ccccc2)cc1. The van der Waals surface area contributed by atoms with E-state index in [2.05, 4.69) is 0 Å². The minimum atomic E-state index is -1.18. The molecule has 3 aromatic rings. The predicted octanol–water partition coefficient (Wildman–Crippen LogP) is 4.00. The quantitative estimate of drug-likeness (QED) is 0.573. The van der Waals surface area contributed by atoms with Gasteiger partial charge in [0, 0.05) is 0 Å². The Hall–Kier alpha value is -4.33. The van der Waals surface area contributed by atoms with Crippen molar-refractivity contribution in [3.05, 3.63) is 102 Å². The molecule has 1 aliphatic heterocycles. The smallest absolute Gasteiger partial charge is 0.413 e. The lowest BCUT2D eigenvalue weighted by Crippen LogP contribution is -2.38. The lowest BCUT2D eigenvalue weighted by Gasteiger charge is -2.30. The number of hydrogen-bond acceptors (Lipinski definition) is 5. The van der Waals surface area contributed by atoms with E-state index in [0.29, 0.717) is 16.9 Å². The molecule has 1 saturated heterocycles. The number of aliphatic carboxylic acids is 1. The van der Waals surface area contributed by atoms with Gasteiger partial charge in [-0.2, -0.15) is 0 Å². The molecule has 8 nitrogen and oxygen atoms in total. The zero-order valence-corrected chi connectivity index (χ0v) is 18.5. The maximum Gasteiger partial charge on any atom is 0.413 e. The summed E-state index contributed by atoms with van der Waals surface area (Å²) >= 11 is 0. The topological polar surface area (TPSA) is 96.4 Å². The van der Waals surface area contributed by atoms with E-state index < -0.39 is 36.7 Å². The van der Waals surface area contributed by atoms with Crippen LogP contribution in [-0.4, -0.2) is 46.5 Å². The van der Waals surface area contributed by atoms with Gasteiger partial charge < -0.3 is 19.5 Å². The van der Waals surface area contributed by atoms with Gasteiger partial charge in [0.1, 0.15) is 31.1 Å². The third kappa shape index (κ3) is 4.71. The van der Waals surface area contributed by atoms with Gasteiger partial charge in [-0.3, -0.25) is 14.5 Å². The van der Waals surface area contributed by atoms with E-state index in [0.717, 1.165) is 5.56 Å². The fourth-order valence-electron chi connectivity index (χ4n) is 4.05. The van der Waals surface area contributed by atoms with Crippen LogP contribution in [0, 0.1) is 0 Å². The molecule has 34 heavy (non-hydrogen) atoms. The van der Waals surface area contributed by atoms with E-state index in [1.54, 1.807) is 54.6 Å². The molecule has 0 aromatic heterocycles. The fraction of sp³-hybridized carbons (Fsp3) is 0.192. The van der Waals surface area contributed by atoms with Gasteiger partial charge in [0.25, 0.3) is 5.91 Å². The molecule has 2 atom stereocenters. The number of amides is 2. The van der Waals surface area contributed by atoms with E-state index in [4.69, 9.17) is 9.47 Å². The first-order valence-electron chi connectivity index (χ1n) is 10.7. The molecule has 0 aliphatic carbocycles. The molecule has 0 radical (unpaired) electrons. The van der Waals surface area contributed by atoms with Crippen molar-refractivity contribution in [3.63, 3.8) is 0 Å². The molecule has 0 saturated carbocycles. The third-order valence-corrected chi connectivity index (χ3v) is 5.60. The van der Waals surface area contributed by atoms with Crippen LogP contribution in [0.2, 0.25) is 0 Å². The molecule has 2 amide bonds. The Labute approximate surface area is 196 Å². The van der Waals surface area contributed by atoms with Gasteiger partial charge in [0.2, 0.25) is 0 Å². The normalized spacial score (nSPS) is 17.5. The first kappa shape index (κ1) is 22.8. The fourth-order valence-corrected chi connectivity index (χ4v) is 4.05. The molecule has 174 valence electrons. The molecular formula is C26H24N2O6. The van der Waals surface area contributed by atoms with Gasteiger partial charge in [-0.25, -0.2) is 4.79 Å². The number of hydrogen-bond donors (Lipinski definition) is 1. The zero-order chi connectivity index (χ0) is 24.1. The lowest BCUT2D eigenvalue weighted by molar-refractivity contribution is -0.144. The number of carbonyl (C=O) groups is 3. The predicted molar refractivity (Wildman–Crippen MR) is 123 cm³/mol. The summed E-state index contributed by atoms with van der Waals surface area (Å²) in [4.78, 5) is 41.1. The second kappa shape index (κ2) is 10.1. The number of carboxylic acids is 1. The molecule has 1 heterocycles. The number of benzene rings is 3. The number of rotatable bonds is 7. The number of methoxy groups -OCH3 is 1. The number of carboxylic acid groups (broad SMARTS) is 1. The first-order valence-corrected chi connectivity index (χ1v) is 10.7. The van der Waals surface area contributed by atoms with E-state index in [1.807, 2.05) is 30.3 Å². The number of nitrogens with zero attached hydrogens (tertiary/aromatic N) is 2. The summed E-state index contributed by atoms with van der Waals surface area (Å²) in [5.74, 6) is -1.08. The average molecular weight is 460 g/mol. The van der Waals surface area contributed by atoms with Gasteiger partial charge in [0.15, 0.2) is 0 Å². The minimum Gasteiger partial charge on any atom is -0.497 e. The summed E-state index contributed by atoms with van der Waals surface area (Å²) in [7, 11) is 1.53. The van der Waals surface area contributed by atoms with Crippen LogP contribution in [0.1, 0.15) is 28.9 Å². The van der Waals surface area contributed by atoms with Gasteiger partial charge in [-0.05, 0) is 28.8 Å². The minimum absolute atomic E-state index is 0.0140. The van der Waals surface area contributed by atoms with Gasteiger partial charge in [0.05, 0.1) is 7.11 Å². The number of ether oxygens (including phenoxy) is 2. The lowest BCUT2D eigenvalue weighted by atomic mass is 10.1. The summed E-state index contributed by atoms with van der Waals surface area (Å²) in [6.45, 7) is -0.554. The average Bonchev–Trinajstić information content (AvgIpc) is 3.15. The van der Waals surface area contributed by atoms with Crippen molar-refractivity contribution in [3.8, 4) is 5.75 Å². The van der Waals surface area contributed by atoms with Gasteiger partial charge in [-0.1, -0.05) is 72.8 Å². The molecule has 2 unspecified atom stereocenters. The van der Waals surface area contributed by atoms with Crippen molar-refractivity contribution in [2.75, 3.05) is 13.7 Å². The summed E-state index contributed by atoms with van der Waals surface area (Å²) in [6, 6.07) is 23.8. The molecule has 1 aliphatic rings. The van der Waals surface area contributed by atoms with Crippen molar-refractivity contribution in [1.82, 2.24) is 9.80 Å². The van der Waals surface area contributed by atoms with Crippen molar-refractivity contribution in [2.24, 2.45) is 0 Å². The second-order valence-electron chi connectivity index (χ2n) is 7.77. The molecule has 1 fully saturated rings. The highest BCUT2D eigenvalue weighted by molar-refractivity contribution is 5.92. The summed E-state index contributed by atoms with van der Waals surface area (Å²) in [5.41, 5.74) is 1.92. The maximum atomic E-state index is 13.5. The highest BCUT2D eigenvalue weighted by Crippen LogP contribution is 2.42. The van der Waals surface area contributed by atoms with Crippen LogP contribution in [0.4, 0.5) is 4.79 Å². The van der Waals surface area contributed by atoms with E-state index in [9.17, 15) is 19.5 Å². The Bertz CT molecular complexity index is 1150. The first-order chi connectivity index (χ1) is 16.5. The Morgan fingerprint density at radius 3 is 2.09 bits per heavy atom. The maximum absolute atomic E-state index is 13.5. The van der Waals surface area contributed by atoms with Crippen LogP contribution in [-0.2, 0) is 20.9 Å². The second-order valence-corrected chi connectivity index (χ2v) is 7.77. The van der Waals surface area contributed by atoms with Gasteiger partial charge in [-0.15, -0.1) is 0 Å². The van der Waals surface area contributed by atoms with Crippen LogP contribution < -0.4 is 4.74 Å². The number of carbonyl (C=O) groups excluding carboxylic acids is 2. The third-order valence-electron chi connectivity index (χ3n) is 5.60. The highest BCUT2D eigenvalue weighted by Gasteiger charge is 2.51. The van der Waals surface area contributed by atoms with Crippen molar-refractivity contribution in [1.29, 1.82) is 0 Å². The van der Waals surface area contributed by atoms with Crippen molar-refractivity contribution >= 4 is 18.0 Å². The molecule has 1 N–H and O–H groups in total. The van der Waals surface area contributed by atoms with Crippen LogP contribution in [0.3, 0.4) is 0 Å². The van der Waals surface area contributed by atoms with Crippen LogP contribution in [0.25, 0.3) is 0 Å². The molecule has 0 spiro atoms. The van der Waals surface area contributed by atoms with Crippen molar-refractivity contribution < 1.29 is 29.0 Å². The van der Waals surface area contributed by atoms with Gasteiger partial charge >= 0.3 is 12.1 Å². The van der Waals surface area contributed by atoms with E-state index in [-0.39, 0.29) is 6.61 Å².